The molecule has 0 aliphatic rings. The number of rotatable bonds is 2. The summed E-state index contributed by atoms with van der Waals surface area (Å²) in [6.07, 6.45) is 0. The fraction of sp³-hybridized carbons (Fsp3) is 0. The van der Waals surface area contributed by atoms with Crippen molar-refractivity contribution >= 4 is 21.3 Å². The van der Waals surface area contributed by atoms with Crippen LogP contribution >= 0.6 is 0 Å². The van der Waals surface area contributed by atoms with Crippen molar-refractivity contribution in [2.45, 2.75) is 0 Å². The minimum atomic E-state index is -0.125. The standard InChI is InChI=1S/C6H6N.Al.H2N/c7-6-4-2-1-3-5-6;;/h1-5,7H;;1H2/q-1;+2;-1. The van der Waals surface area contributed by atoms with Crippen molar-refractivity contribution < 1.29 is 0 Å². The van der Waals surface area contributed by atoms with Crippen molar-refractivity contribution in [1.29, 1.82) is 0 Å². The van der Waals surface area contributed by atoms with E-state index in [-0.39, 0.29) is 15.7 Å². The molecule has 1 rings (SSSR count). The van der Waals surface area contributed by atoms with Crippen LogP contribution in [0.2, 0.25) is 0 Å². The van der Waals surface area contributed by atoms with E-state index in [1.54, 1.807) is 0 Å². The van der Waals surface area contributed by atoms with E-state index in [1.165, 1.54) is 0 Å². The quantitative estimate of drug-likeness (QED) is 0.582. The van der Waals surface area contributed by atoms with Crippen LogP contribution in [0.4, 0.5) is 5.69 Å². The van der Waals surface area contributed by atoms with Gasteiger partial charge in [0, 0.05) is 5.69 Å². The molecule has 2 nitrogen and oxygen atoms in total. The molecule has 0 atom stereocenters. The predicted octanol–water partition coefficient (Wildman–Crippen LogP) is 0.591. The molecule has 3 N–H and O–H groups in total. The van der Waals surface area contributed by atoms with Crippen molar-refractivity contribution in [2.24, 2.45) is 4.72 Å². The van der Waals surface area contributed by atoms with Crippen molar-refractivity contribution in [1.82, 2.24) is 0 Å². The van der Waals surface area contributed by atoms with Gasteiger partial charge in [-0.3, -0.25) is 0 Å². The highest BCUT2D eigenvalue weighted by molar-refractivity contribution is 6.36. The zero-order valence-electron chi connectivity index (χ0n) is 5.04. The Kier molecular flexibility index (Phi) is 2.59. The number of anilines is 1. The highest BCUT2D eigenvalue weighted by atomic mass is 27.1. The average Bonchev–Trinajstić information content (AvgIpc) is 1.91. The molecular weight excluding hydrogens is 127 g/mol. The Morgan fingerprint density at radius 1 is 1.22 bits per heavy atom. The summed E-state index contributed by atoms with van der Waals surface area (Å²) in [5.41, 5.74) is 1.11. The number of benzene rings is 1. The number of para-hydroxylation sites is 1. The van der Waals surface area contributed by atoms with Crippen LogP contribution in [-0.2, 0) is 0 Å². The first-order valence-electron chi connectivity index (χ1n) is 2.78. The summed E-state index contributed by atoms with van der Waals surface area (Å²) >= 11 is -0.125. The molecule has 0 saturated heterocycles. The van der Waals surface area contributed by atoms with Crippen LogP contribution < -0.4 is 9.02 Å². The van der Waals surface area contributed by atoms with Crippen molar-refractivity contribution in [3.05, 3.63) is 30.3 Å². The highest BCUT2D eigenvalue weighted by Gasteiger charge is 1.85. The zero-order chi connectivity index (χ0) is 6.53. The van der Waals surface area contributed by atoms with Crippen molar-refractivity contribution in [3.63, 3.8) is 0 Å². The summed E-state index contributed by atoms with van der Waals surface area (Å²) in [5.74, 6) is 0. The Morgan fingerprint density at radius 2 is 1.89 bits per heavy atom. The fourth-order valence-electron chi connectivity index (χ4n) is 0.631. The number of hydrogen-bond acceptors (Lipinski definition) is 2. The van der Waals surface area contributed by atoms with Crippen LogP contribution in [0, 0.1) is 0 Å². The van der Waals surface area contributed by atoms with Crippen LogP contribution in [0.25, 0.3) is 0 Å². The molecule has 3 heteroatoms. The van der Waals surface area contributed by atoms with Gasteiger partial charge in [0.15, 0.2) is 0 Å². The lowest BCUT2D eigenvalue weighted by atomic mass is 10.3. The zero-order valence-corrected chi connectivity index (χ0v) is 6.20. The minimum Gasteiger partial charge on any atom is -0.469 e. The van der Waals surface area contributed by atoms with Gasteiger partial charge in [-0.1, -0.05) is 18.2 Å². The molecule has 0 fully saturated rings. The molecule has 0 bridgehead atoms. The lowest BCUT2D eigenvalue weighted by Gasteiger charge is -1.98. The van der Waals surface area contributed by atoms with Gasteiger partial charge in [-0.25, -0.2) is 0 Å². The number of nitrogens with two attached hydrogens (primary N) is 1. The van der Waals surface area contributed by atoms with Crippen LogP contribution in [0.5, 0.6) is 0 Å². The third-order valence-electron chi connectivity index (χ3n) is 1.02. The largest absolute Gasteiger partial charge is 0.495 e. The van der Waals surface area contributed by atoms with E-state index in [4.69, 9.17) is 4.72 Å². The van der Waals surface area contributed by atoms with Crippen molar-refractivity contribution in [3.8, 4) is 0 Å². The molecule has 0 aromatic heterocycles. The number of nitrogens with one attached hydrogen (secondary N) is 1. The molecule has 0 heterocycles. The lowest BCUT2D eigenvalue weighted by Crippen LogP contribution is -2.15. The molecule has 0 aliphatic carbocycles. The van der Waals surface area contributed by atoms with Crippen LogP contribution in [0.1, 0.15) is 0 Å². The van der Waals surface area contributed by atoms with Crippen LogP contribution in [0.15, 0.2) is 30.3 Å². The molecule has 0 saturated carbocycles. The summed E-state index contributed by atoms with van der Waals surface area (Å²) in [6, 6.07) is 9.95. The summed E-state index contributed by atoms with van der Waals surface area (Å²) < 4.78 is 8.40. The summed E-state index contributed by atoms with van der Waals surface area (Å²) in [4.78, 5) is 0. The van der Waals surface area contributed by atoms with E-state index in [0.29, 0.717) is 0 Å². The summed E-state index contributed by atoms with van der Waals surface area (Å²) in [7, 11) is 0. The maximum atomic E-state index is 5.33. The molecule has 45 valence electrons. The predicted molar refractivity (Wildman–Crippen MR) is 40.0 cm³/mol. The third kappa shape index (κ3) is 2.07. The second kappa shape index (κ2) is 3.52. The van der Waals surface area contributed by atoms with E-state index in [9.17, 15) is 0 Å². The molecule has 1 aromatic rings. The van der Waals surface area contributed by atoms with E-state index in [0.717, 1.165) is 5.69 Å². The Hall–Kier alpha value is -0.488. The van der Waals surface area contributed by atoms with Crippen LogP contribution in [0.3, 0.4) is 0 Å². The summed E-state index contributed by atoms with van der Waals surface area (Å²) in [6.45, 7) is 0. The van der Waals surface area contributed by atoms with Gasteiger partial charge >= 0.3 is 15.7 Å². The van der Waals surface area contributed by atoms with Gasteiger partial charge in [-0.2, -0.15) is 0 Å². The maximum absolute atomic E-state index is 5.33. The highest BCUT2D eigenvalue weighted by Crippen LogP contribution is 2.01. The molecule has 9 heavy (non-hydrogen) atoms. The molecule has 0 aliphatic heterocycles. The second-order valence-electron chi connectivity index (χ2n) is 1.68. The van der Waals surface area contributed by atoms with Crippen LogP contribution in [-0.4, -0.2) is 15.7 Å². The number of hydrogen-bond donors (Lipinski definition) is 2. The molecule has 0 spiro atoms. The maximum Gasteiger partial charge on any atom is 0.495 e. The average molecular weight is 135 g/mol. The molecule has 0 unspecified atom stereocenters. The van der Waals surface area contributed by atoms with Gasteiger partial charge in [0.05, 0.1) is 0 Å². The first-order chi connectivity index (χ1) is 4.43. The van der Waals surface area contributed by atoms with Crippen molar-refractivity contribution in [2.75, 3.05) is 4.30 Å². The van der Waals surface area contributed by atoms with E-state index < -0.39 is 0 Å². The first-order valence-corrected chi connectivity index (χ1v) is 4.03. The van der Waals surface area contributed by atoms with E-state index in [1.807, 2.05) is 30.3 Å². The van der Waals surface area contributed by atoms with E-state index in [2.05, 4.69) is 4.30 Å². The second-order valence-corrected chi connectivity index (χ2v) is 2.30. The van der Waals surface area contributed by atoms with Gasteiger partial charge in [0.25, 0.3) is 0 Å². The Labute approximate surface area is 61.2 Å². The van der Waals surface area contributed by atoms with Gasteiger partial charge in [-0.15, -0.1) is 0 Å². The normalized spacial score (nSPS) is 8.56. The molecular formula is C6H8AlN2. The molecule has 1 aromatic carbocycles. The fourth-order valence-corrected chi connectivity index (χ4v) is 1.02. The monoisotopic (exact) mass is 135 g/mol. The van der Waals surface area contributed by atoms with Gasteiger partial charge in [-0.05, 0) is 12.1 Å². The Balaban J connectivity index is 2.61. The smallest absolute Gasteiger partial charge is 0.469 e. The van der Waals surface area contributed by atoms with Gasteiger partial charge in [0.2, 0.25) is 0 Å². The molecule has 1 radical (unpaired) electrons. The topological polar surface area (TPSA) is 38.0 Å². The van der Waals surface area contributed by atoms with Gasteiger partial charge < -0.3 is 9.02 Å². The Bertz CT molecular complexity index is 164. The third-order valence-corrected chi connectivity index (χ3v) is 1.52. The lowest BCUT2D eigenvalue weighted by molar-refractivity contribution is 1.65. The van der Waals surface area contributed by atoms with E-state index >= 15 is 0 Å². The Morgan fingerprint density at radius 3 is 2.44 bits per heavy atom. The summed E-state index contributed by atoms with van der Waals surface area (Å²) in [5, 5.41) is 0. The minimum absolute atomic E-state index is 0.125. The SMILES string of the molecule is [NH2][Al][NH]c1ccccc1. The van der Waals surface area contributed by atoms with Gasteiger partial charge in [0.1, 0.15) is 0 Å². The first kappa shape index (κ1) is 6.63. The molecule has 0 amide bonds.